The minimum absolute atomic E-state index is 0.166. The second-order valence-electron chi connectivity index (χ2n) is 8.55. The van der Waals surface area contributed by atoms with Crippen molar-refractivity contribution in [1.29, 1.82) is 0 Å². The lowest BCUT2D eigenvalue weighted by Gasteiger charge is -2.24. The van der Waals surface area contributed by atoms with Gasteiger partial charge in [-0.1, -0.05) is 48.6 Å². The monoisotopic (exact) mass is 521 g/mol. The van der Waals surface area contributed by atoms with Crippen LogP contribution in [-0.2, 0) is 14.4 Å². The van der Waals surface area contributed by atoms with Crippen molar-refractivity contribution in [2.75, 3.05) is 10.6 Å². The highest BCUT2D eigenvalue weighted by Crippen LogP contribution is 2.32. The van der Waals surface area contributed by atoms with Gasteiger partial charge in [-0.25, -0.2) is 4.98 Å². The molecule has 36 heavy (non-hydrogen) atoms. The molecule has 3 N–H and O–H groups in total. The molecule has 3 unspecified atom stereocenters. The predicted molar refractivity (Wildman–Crippen MR) is 144 cm³/mol. The second-order valence-corrected chi connectivity index (χ2v) is 11.2. The lowest BCUT2D eigenvalue weighted by molar-refractivity contribution is -0.146. The van der Waals surface area contributed by atoms with E-state index in [2.05, 4.69) is 15.6 Å². The summed E-state index contributed by atoms with van der Waals surface area (Å²) < 4.78 is 0. The van der Waals surface area contributed by atoms with E-state index >= 15 is 0 Å². The van der Waals surface area contributed by atoms with Crippen molar-refractivity contribution in [3.05, 3.63) is 71.6 Å². The summed E-state index contributed by atoms with van der Waals surface area (Å²) in [4.78, 5) is 43.6. The van der Waals surface area contributed by atoms with Crippen molar-refractivity contribution >= 4 is 51.7 Å². The maximum absolute atomic E-state index is 12.8. The summed E-state index contributed by atoms with van der Waals surface area (Å²) in [7, 11) is 0. The molecule has 0 radical (unpaired) electrons. The van der Waals surface area contributed by atoms with Crippen molar-refractivity contribution in [2.45, 2.75) is 36.8 Å². The van der Waals surface area contributed by atoms with Crippen molar-refractivity contribution in [2.24, 2.45) is 11.8 Å². The quantitative estimate of drug-likeness (QED) is 0.254. The SMILES string of the molecule is Cc1sc(NC(=O)C(C)Sc2cccc(NC(=O)C3CC=CCC3C(=O)O)c2)nc1-c1ccccc1. The van der Waals surface area contributed by atoms with Crippen LogP contribution >= 0.6 is 23.1 Å². The molecule has 0 spiro atoms. The van der Waals surface area contributed by atoms with Gasteiger partial charge in [0.1, 0.15) is 0 Å². The summed E-state index contributed by atoms with van der Waals surface area (Å²) in [6.45, 7) is 3.80. The van der Waals surface area contributed by atoms with Crippen molar-refractivity contribution in [3.8, 4) is 11.3 Å². The van der Waals surface area contributed by atoms with Crippen molar-refractivity contribution < 1.29 is 19.5 Å². The minimum atomic E-state index is -0.963. The van der Waals surface area contributed by atoms with Crippen LogP contribution in [0.15, 0.2) is 71.6 Å². The molecule has 3 aromatic rings. The smallest absolute Gasteiger partial charge is 0.307 e. The second kappa shape index (κ2) is 11.5. The first-order chi connectivity index (χ1) is 17.3. The lowest BCUT2D eigenvalue weighted by Crippen LogP contribution is -2.34. The van der Waals surface area contributed by atoms with E-state index < -0.39 is 23.1 Å². The fourth-order valence-electron chi connectivity index (χ4n) is 4.04. The van der Waals surface area contributed by atoms with E-state index in [1.54, 1.807) is 18.2 Å². The van der Waals surface area contributed by atoms with Crippen LogP contribution in [0.1, 0.15) is 24.6 Å². The van der Waals surface area contributed by atoms with Gasteiger partial charge in [0.15, 0.2) is 5.13 Å². The van der Waals surface area contributed by atoms with Crippen LogP contribution in [0.2, 0.25) is 0 Å². The molecule has 2 amide bonds. The molecule has 3 atom stereocenters. The van der Waals surface area contributed by atoms with Crippen molar-refractivity contribution in [3.63, 3.8) is 0 Å². The van der Waals surface area contributed by atoms with E-state index in [0.29, 0.717) is 23.7 Å². The normalized spacial score (nSPS) is 17.8. The number of hydrogen-bond donors (Lipinski definition) is 3. The van der Waals surface area contributed by atoms with Gasteiger partial charge in [-0.3, -0.25) is 14.4 Å². The Balaban J connectivity index is 1.37. The highest BCUT2D eigenvalue weighted by Gasteiger charge is 2.34. The molecule has 1 heterocycles. The highest BCUT2D eigenvalue weighted by atomic mass is 32.2. The first-order valence-electron chi connectivity index (χ1n) is 11.6. The molecule has 1 aromatic heterocycles. The maximum Gasteiger partial charge on any atom is 0.307 e. The summed E-state index contributed by atoms with van der Waals surface area (Å²) in [6, 6.07) is 17.1. The average molecular weight is 522 g/mol. The van der Waals surface area contributed by atoms with Crippen LogP contribution < -0.4 is 10.6 Å². The number of anilines is 2. The van der Waals surface area contributed by atoms with E-state index in [-0.39, 0.29) is 11.8 Å². The molecule has 1 aliphatic carbocycles. The Morgan fingerprint density at radius 2 is 1.75 bits per heavy atom. The number of carboxylic acids is 1. The molecule has 1 aliphatic rings. The number of aliphatic carboxylic acids is 1. The molecule has 0 saturated carbocycles. The van der Waals surface area contributed by atoms with Gasteiger partial charge in [0.2, 0.25) is 11.8 Å². The Hall–Kier alpha value is -3.43. The molecule has 2 aromatic carbocycles. The van der Waals surface area contributed by atoms with E-state index in [0.717, 1.165) is 21.0 Å². The van der Waals surface area contributed by atoms with Crippen LogP contribution in [0.25, 0.3) is 11.3 Å². The largest absolute Gasteiger partial charge is 0.481 e. The number of amides is 2. The van der Waals surface area contributed by atoms with Crippen LogP contribution in [-0.4, -0.2) is 33.1 Å². The van der Waals surface area contributed by atoms with Gasteiger partial charge >= 0.3 is 5.97 Å². The zero-order chi connectivity index (χ0) is 25.7. The molecule has 9 heteroatoms. The van der Waals surface area contributed by atoms with E-state index in [9.17, 15) is 19.5 Å². The lowest BCUT2D eigenvalue weighted by atomic mass is 9.82. The Morgan fingerprint density at radius 3 is 2.47 bits per heavy atom. The topological polar surface area (TPSA) is 108 Å². The fourth-order valence-corrected chi connectivity index (χ4v) is 5.80. The fraction of sp³-hybridized carbons (Fsp3) is 0.259. The number of thioether (sulfide) groups is 1. The highest BCUT2D eigenvalue weighted by molar-refractivity contribution is 8.00. The number of aromatic nitrogens is 1. The van der Waals surface area contributed by atoms with Crippen LogP contribution in [0.5, 0.6) is 0 Å². The molecular weight excluding hydrogens is 494 g/mol. The summed E-state index contributed by atoms with van der Waals surface area (Å²) in [6.07, 6.45) is 4.41. The Labute approximate surface area is 218 Å². The molecule has 0 fully saturated rings. The number of carbonyl (C=O) groups is 3. The van der Waals surface area contributed by atoms with E-state index in [1.165, 1.54) is 23.1 Å². The molecule has 4 rings (SSSR count). The van der Waals surface area contributed by atoms with Crippen LogP contribution in [0, 0.1) is 18.8 Å². The van der Waals surface area contributed by atoms with E-state index in [4.69, 9.17) is 0 Å². The molecule has 0 bridgehead atoms. The number of carbonyl (C=O) groups excluding carboxylic acids is 2. The predicted octanol–water partition coefficient (Wildman–Crippen LogP) is 5.84. The molecule has 186 valence electrons. The Kier molecular flexibility index (Phi) is 8.22. The zero-order valence-corrected chi connectivity index (χ0v) is 21.6. The first kappa shape index (κ1) is 25.7. The minimum Gasteiger partial charge on any atom is -0.481 e. The molecular formula is C27H27N3O4S2. The summed E-state index contributed by atoms with van der Waals surface area (Å²) in [5, 5.41) is 15.4. The van der Waals surface area contributed by atoms with Gasteiger partial charge < -0.3 is 15.7 Å². The summed E-state index contributed by atoms with van der Waals surface area (Å²) >= 11 is 2.81. The van der Waals surface area contributed by atoms with Gasteiger partial charge in [-0.15, -0.1) is 23.1 Å². The summed E-state index contributed by atoms with van der Waals surface area (Å²) in [5.41, 5.74) is 2.43. The van der Waals surface area contributed by atoms with Crippen LogP contribution in [0.3, 0.4) is 0 Å². The third-order valence-corrected chi connectivity index (χ3v) is 7.92. The van der Waals surface area contributed by atoms with Crippen molar-refractivity contribution in [1.82, 2.24) is 4.98 Å². The number of nitrogens with one attached hydrogen (secondary N) is 2. The number of rotatable bonds is 8. The number of aryl methyl sites for hydroxylation is 1. The number of carboxylic acid groups (broad SMARTS) is 1. The average Bonchev–Trinajstić information content (AvgIpc) is 3.24. The molecule has 0 saturated heterocycles. The number of benzene rings is 2. The number of allylic oxidation sites excluding steroid dienone is 2. The summed E-state index contributed by atoms with van der Waals surface area (Å²) in [5.74, 6) is -2.78. The Bertz CT molecular complexity index is 1290. The van der Waals surface area contributed by atoms with Gasteiger partial charge in [0, 0.05) is 21.0 Å². The first-order valence-corrected chi connectivity index (χ1v) is 13.3. The number of thiazole rings is 1. The Morgan fingerprint density at radius 1 is 1.03 bits per heavy atom. The standard InChI is InChI=1S/C27H27N3O4S2/c1-16-23(18-9-4-3-5-10-18)29-27(36-16)30-24(31)17(2)35-20-12-8-11-19(15-20)28-25(32)21-13-6-7-14-22(21)26(33)34/h3-12,15,17,21-22H,13-14H2,1-2H3,(H,28,32)(H,33,34)(H,29,30,31). The van der Waals surface area contributed by atoms with Gasteiger partial charge in [-0.2, -0.15) is 0 Å². The number of nitrogens with zero attached hydrogens (tertiary/aromatic N) is 1. The molecule has 0 aliphatic heterocycles. The zero-order valence-electron chi connectivity index (χ0n) is 19.9. The molecule has 7 nitrogen and oxygen atoms in total. The van der Waals surface area contributed by atoms with Gasteiger partial charge in [0.25, 0.3) is 0 Å². The van der Waals surface area contributed by atoms with Gasteiger partial charge in [0.05, 0.1) is 22.8 Å². The third-order valence-electron chi connectivity index (χ3n) is 5.94. The number of hydrogen-bond acceptors (Lipinski definition) is 6. The maximum atomic E-state index is 12.8. The van der Waals surface area contributed by atoms with Gasteiger partial charge in [-0.05, 0) is 44.9 Å². The van der Waals surface area contributed by atoms with E-state index in [1.807, 2.05) is 62.4 Å². The third kappa shape index (κ3) is 6.22. The van der Waals surface area contributed by atoms with Crippen LogP contribution in [0.4, 0.5) is 10.8 Å².